The zero-order valence-electron chi connectivity index (χ0n) is 13.9. The molecule has 0 saturated heterocycles. The third-order valence-corrected chi connectivity index (χ3v) is 5.22. The van der Waals surface area contributed by atoms with Crippen LogP contribution >= 0.6 is 0 Å². The zero-order chi connectivity index (χ0) is 16.4. The van der Waals surface area contributed by atoms with Crippen LogP contribution in [0, 0.1) is 17.8 Å². The monoisotopic (exact) mass is 327 g/mol. The number of allylic oxidation sites excluding steroid dienone is 2. The van der Waals surface area contributed by atoms with Crippen molar-refractivity contribution < 1.29 is 9.47 Å². The van der Waals surface area contributed by atoms with Gasteiger partial charge in [0, 0.05) is 24.7 Å². The van der Waals surface area contributed by atoms with Crippen molar-refractivity contribution in [1.29, 1.82) is 0 Å². The minimum atomic E-state index is 0.461. The van der Waals surface area contributed by atoms with Crippen LogP contribution in [-0.4, -0.2) is 25.7 Å². The van der Waals surface area contributed by atoms with Crippen LogP contribution in [0.1, 0.15) is 25.7 Å². The molecule has 3 atom stereocenters. The van der Waals surface area contributed by atoms with Gasteiger partial charge >= 0.3 is 0 Å². The molecular formula is C19H25N3O2. The van der Waals surface area contributed by atoms with E-state index in [1.54, 1.807) is 0 Å². The Morgan fingerprint density at radius 3 is 2.83 bits per heavy atom. The number of benzene rings is 1. The van der Waals surface area contributed by atoms with Gasteiger partial charge in [-0.15, -0.1) is 0 Å². The molecule has 1 heterocycles. The smallest absolute Gasteiger partial charge is 0.193 e. The lowest BCUT2D eigenvalue weighted by Gasteiger charge is -2.16. The fourth-order valence-electron chi connectivity index (χ4n) is 4.01. The van der Waals surface area contributed by atoms with Gasteiger partial charge in [-0.2, -0.15) is 0 Å². The van der Waals surface area contributed by atoms with Crippen molar-refractivity contribution in [3.05, 3.63) is 30.4 Å². The van der Waals surface area contributed by atoms with Crippen molar-refractivity contribution in [2.45, 2.75) is 25.7 Å². The van der Waals surface area contributed by atoms with Gasteiger partial charge in [0.05, 0.1) is 13.2 Å². The second kappa shape index (κ2) is 6.75. The molecule has 128 valence electrons. The van der Waals surface area contributed by atoms with E-state index in [2.05, 4.69) is 22.5 Å². The van der Waals surface area contributed by atoms with Gasteiger partial charge in [-0.1, -0.05) is 12.2 Å². The fraction of sp³-hybridized carbons (Fsp3) is 0.526. The molecule has 1 aliphatic heterocycles. The summed E-state index contributed by atoms with van der Waals surface area (Å²) in [6.07, 6.45) is 9.46. The van der Waals surface area contributed by atoms with E-state index in [0.29, 0.717) is 19.2 Å². The van der Waals surface area contributed by atoms with E-state index < -0.39 is 0 Å². The molecule has 2 bridgehead atoms. The SMILES string of the molecule is NC(=NCCC1C[C@@H]2C=C[C@H]1C2)Nc1ccc2c(c1)OCCCO2. The molecule has 1 unspecified atom stereocenters. The number of anilines is 1. The molecule has 1 aromatic carbocycles. The number of guanidine groups is 1. The highest BCUT2D eigenvalue weighted by Gasteiger charge is 2.34. The second-order valence-corrected chi connectivity index (χ2v) is 6.93. The van der Waals surface area contributed by atoms with Crippen LogP contribution in [0.2, 0.25) is 0 Å². The molecule has 1 aromatic rings. The number of nitrogens with one attached hydrogen (secondary N) is 1. The largest absolute Gasteiger partial charge is 0.490 e. The predicted molar refractivity (Wildman–Crippen MR) is 95.6 cm³/mol. The summed E-state index contributed by atoms with van der Waals surface area (Å²) in [5.41, 5.74) is 6.90. The van der Waals surface area contributed by atoms with Crippen molar-refractivity contribution in [1.82, 2.24) is 0 Å². The molecule has 3 N–H and O–H groups in total. The van der Waals surface area contributed by atoms with E-state index >= 15 is 0 Å². The first-order valence-corrected chi connectivity index (χ1v) is 8.93. The van der Waals surface area contributed by atoms with Gasteiger partial charge in [0.15, 0.2) is 17.5 Å². The second-order valence-electron chi connectivity index (χ2n) is 6.93. The molecule has 24 heavy (non-hydrogen) atoms. The minimum Gasteiger partial charge on any atom is -0.490 e. The number of aliphatic imine (C=N–C) groups is 1. The number of hydrogen-bond donors (Lipinski definition) is 2. The van der Waals surface area contributed by atoms with Crippen LogP contribution in [0.4, 0.5) is 5.69 Å². The highest BCUT2D eigenvalue weighted by Crippen LogP contribution is 2.44. The number of fused-ring (bicyclic) bond motifs is 3. The Bertz CT molecular complexity index is 656. The molecule has 1 saturated carbocycles. The molecule has 2 aliphatic carbocycles. The number of ether oxygens (including phenoxy) is 2. The summed E-state index contributed by atoms with van der Waals surface area (Å²) in [6, 6.07) is 5.78. The first kappa shape index (κ1) is 15.4. The molecule has 5 heteroatoms. The Morgan fingerprint density at radius 2 is 2.04 bits per heavy atom. The molecule has 5 nitrogen and oxygen atoms in total. The van der Waals surface area contributed by atoms with Crippen molar-refractivity contribution in [2.24, 2.45) is 28.5 Å². The van der Waals surface area contributed by atoms with Crippen LogP contribution in [0.15, 0.2) is 35.3 Å². The van der Waals surface area contributed by atoms with E-state index in [4.69, 9.17) is 15.2 Å². The molecule has 0 spiro atoms. The Balaban J connectivity index is 1.31. The number of nitrogens with two attached hydrogens (primary N) is 1. The van der Waals surface area contributed by atoms with E-state index in [-0.39, 0.29) is 0 Å². The molecule has 0 aromatic heterocycles. The van der Waals surface area contributed by atoms with E-state index in [9.17, 15) is 0 Å². The molecule has 4 rings (SSSR count). The molecule has 0 radical (unpaired) electrons. The average molecular weight is 327 g/mol. The lowest BCUT2D eigenvalue weighted by atomic mass is 9.91. The molecule has 0 amide bonds. The van der Waals surface area contributed by atoms with Crippen molar-refractivity contribution in [3.63, 3.8) is 0 Å². The highest BCUT2D eigenvalue weighted by molar-refractivity contribution is 5.92. The average Bonchev–Trinajstić information content (AvgIpc) is 3.11. The van der Waals surface area contributed by atoms with Gasteiger partial charge in [-0.25, -0.2) is 0 Å². The van der Waals surface area contributed by atoms with E-state index in [1.807, 2.05) is 18.2 Å². The Hall–Kier alpha value is -2.17. The quantitative estimate of drug-likeness (QED) is 0.506. The minimum absolute atomic E-state index is 0.461. The van der Waals surface area contributed by atoms with Gasteiger partial charge in [0.2, 0.25) is 0 Å². The van der Waals surface area contributed by atoms with Crippen LogP contribution < -0.4 is 20.5 Å². The molecule has 3 aliphatic rings. The van der Waals surface area contributed by atoms with Gasteiger partial charge in [-0.05, 0) is 49.1 Å². The normalized spacial score (nSPS) is 28.0. The summed E-state index contributed by atoms with van der Waals surface area (Å²) < 4.78 is 11.3. The predicted octanol–water partition coefficient (Wildman–Crippen LogP) is 3.18. The summed E-state index contributed by atoms with van der Waals surface area (Å²) in [5.74, 6) is 4.40. The third-order valence-electron chi connectivity index (χ3n) is 5.22. The topological polar surface area (TPSA) is 68.9 Å². The standard InChI is InChI=1S/C19H25N3O2/c20-19(21-7-6-15-11-13-2-3-14(15)10-13)22-16-4-5-17-18(12-16)24-9-1-8-23-17/h2-5,12-15H,1,6-11H2,(H3,20,21,22)/t13-,14+,15?/m1/s1. The molecular weight excluding hydrogens is 302 g/mol. The van der Waals surface area contributed by atoms with Gasteiger partial charge in [-0.3, -0.25) is 4.99 Å². The maximum Gasteiger partial charge on any atom is 0.193 e. The summed E-state index contributed by atoms with van der Waals surface area (Å²) in [6.45, 7) is 2.16. The summed E-state index contributed by atoms with van der Waals surface area (Å²) >= 11 is 0. The van der Waals surface area contributed by atoms with Gasteiger partial charge in [0.1, 0.15) is 0 Å². The van der Waals surface area contributed by atoms with Crippen molar-refractivity contribution >= 4 is 11.6 Å². The number of rotatable bonds is 4. The van der Waals surface area contributed by atoms with Gasteiger partial charge < -0.3 is 20.5 Å². The lowest BCUT2D eigenvalue weighted by molar-refractivity contribution is 0.297. The Labute approximate surface area is 142 Å². The van der Waals surface area contributed by atoms with E-state index in [0.717, 1.165) is 54.3 Å². The van der Waals surface area contributed by atoms with Crippen LogP contribution in [-0.2, 0) is 0 Å². The highest BCUT2D eigenvalue weighted by atomic mass is 16.5. The maximum absolute atomic E-state index is 6.03. The Morgan fingerprint density at radius 1 is 1.17 bits per heavy atom. The first-order chi connectivity index (χ1) is 11.8. The molecule has 1 fully saturated rings. The number of nitrogens with zero attached hydrogens (tertiary/aromatic N) is 1. The van der Waals surface area contributed by atoms with Crippen LogP contribution in [0.3, 0.4) is 0 Å². The maximum atomic E-state index is 6.03. The lowest BCUT2D eigenvalue weighted by Crippen LogP contribution is -2.23. The summed E-state index contributed by atoms with van der Waals surface area (Å²) in [5, 5.41) is 3.15. The fourth-order valence-corrected chi connectivity index (χ4v) is 4.01. The summed E-state index contributed by atoms with van der Waals surface area (Å²) in [7, 11) is 0. The van der Waals surface area contributed by atoms with Gasteiger partial charge in [0.25, 0.3) is 0 Å². The van der Waals surface area contributed by atoms with Crippen LogP contribution in [0.25, 0.3) is 0 Å². The Kier molecular flexibility index (Phi) is 4.32. The van der Waals surface area contributed by atoms with E-state index in [1.165, 1.54) is 12.8 Å². The first-order valence-electron chi connectivity index (χ1n) is 8.93. The van der Waals surface area contributed by atoms with Crippen molar-refractivity contribution in [2.75, 3.05) is 25.1 Å². The third kappa shape index (κ3) is 3.35. The summed E-state index contributed by atoms with van der Waals surface area (Å²) in [4.78, 5) is 4.48. The number of hydrogen-bond acceptors (Lipinski definition) is 3. The van der Waals surface area contributed by atoms with Crippen molar-refractivity contribution in [3.8, 4) is 11.5 Å². The van der Waals surface area contributed by atoms with Crippen LogP contribution in [0.5, 0.6) is 11.5 Å². The zero-order valence-corrected chi connectivity index (χ0v) is 13.9.